The monoisotopic (exact) mass is 264 g/mol. The molecule has 0 saturated heterocycles. The molecule has 1 aromatic carbocycles. The number of aromatic nitrogens is 4. The highest BCUT2D eigenvalue weighted by atomic mass is 16.1. The van der Waals surface area contributed by atoms with Crippen LogP contribution in [0.5, 0.6) is 0 Å². The Labute approximate surface area is 115 Å². The standard InChI is InChI=1S/C15H12N4O/c20-14-7-11(10-4-2-1-3-5-10)6-13-12(14)8-16-15-17-9-18-19(13)15/h1-5,8-9,11H,6-7H2/t11-/m0/s1. The van der Waals surface area contributed by atoms with Gasteiger partial charge in [-0.1, -0.05) is 30.3 Å². The zero-order valence-electron chi connectivity index (χ0n) is 10.7. The quantitative estimate of drug-likeness (QED) is 0.674. The molecule has 2 heterocycles. The Morgan fingerprint density at radius 3 is 2.80 bits per heavy atom. The van der Waals surface area contributed by atoms with Crippen molar-refractivity contribution in [2.24, 2.45) is 0 Å². The van der Waals surface area contributed by atoms with Gasteiger partial charge in [0.05, 0.1) is 11.3 Å². The fourth-order valence-corrected chi connectivity index (χ4v) is 2.85. The van der Waals surface area contributed by atoms with Crippen molar-refractivity contribution in [1.29, 1.82) is 0 Å². The van der Waals surface area contributed by atoms with Crippen molar-refractivity contribution in [1.82, 2.24) is 19.6 Å². The molecule has 5 heteroatoms. The molecule has 0 amide bonds. The third kappa shape index (κ3) is 1.63. The Hall–Kier alpha value is -2.56. The van der Waals surface area contributed by atoms with Crippen molar-refractivity contribution in [3.8, 4) is 0 Å². The van der Waals surface area contributed by atoms with Crippen molar-refractivity contribution in [3.63, 3.8) is 0 Å². The molecule has 0 fully saturated rings. The molecule has 0 unspecified atom stereocenters. The maximum Gasteiger partial charge on any atom is 0.252 e. The first kappa shape index (κ1) is 11.3. The summed E-state index contributed by atoms with van der Waals surface area (Å²) >= 11 is 0. The second-order valence-electron chi connectivity index (χ2n) is 5.03. The molecule has 0 bridgehead atoms. The second kappa shape index (κ2) is 4.23. The smallest absolute Gasteiger partial charge is 0.252 e. The first-order chi connectivity index (χ1) is 9.83. The van der Waals surface area contributed by atoms with Crippen LogP contribution in [0.3, 0.4) is 0 Å². The summed E-state index contributed by atoms with van der Waals surface area (Å²) in [5.74, 6) is 0.876. The van der Waals surface area contributed by atoms with Gasteiger partial charge in [0.1, 0.15) is 6.33 Å². The minimum atomic E-state index is 0.130. The molecule has 0 aliphatic heterocycles. The molecule has 1 aliphatic rings. The van der Waals surface area contributed by atoms with Crippen LogP contribution in [-0.4, -0.2) is 25.4 Å². The zero-order chi connectivity index (χ0) is 13.5. The van der Waals surface area contributed by atoms with E-state index in [2.05, 4.69) is 27.2 Å². The Kier molecular flexibility index (Phi) is 2.39. The Morgan fingerprint density at radius 1 is 1.10 bits per heavy atom. The number of hydrogen-bond acceptors (Lipinski definition) is 4. The van der Waals surface area contributed by atoms with E-state index in [9.17, 15) is 4.79 Å². The topological polar surface area (TPSA) is 60.2 Å². The molecule has 0 saturated carbocycles. The van der Waals surface area contributed by atoms with Crippen LogP contribution < -0.4 is 0 Å². The molecule has 0 radical (unpaired) electrons. The van der Waals surface area contributed by atoms with Gasteiger partial charge in [0.15, 0.2) is 5.78 Å². The van der Waals surface area contributed by atoms with Gasteiger partial charge < -0.3 is 0 Å². The van der Waals surface area contributed by atoms with E-state index in [0.717, 1.165) is 12.1 Å². The average molecular weight is 264 g/mol. The maximum atomic E-state index is 12.3. The fourth-order valence-electron chi connectivity index (χ4n) is 2.85. The van der Waals surface area contributed by atoms with E-state index in [1.54, 1.807) is 10.7 Å². The van der Waals surface area contributed by atoms with E-state index in [4.69, 9.17) is 0 Å². The lowest BCUT2D eigenvalue weighted by molar-refractivity contribution is 0.0962. The summed E-state index contributed by atoms with van der Waals surface area (Å²) in [6.45, 7) is 0. The maximum absolute atomic E-state index is 12.3. The van der Waals surface area contributed by atoms with Crippen LogP contribution in [0.4, 0.5) is 0 Å². The minimum Gasteiger partial charge on any atom is -0.294 e. The van der Waals surface area contributed by atoms with Crippen molar-refractivity contribution in [2.45, 2.75) is 18.8 Å². The van der Waals surface area contributed by atoms with Crippen LogP contribution in [0.2, 0.25) is 0 Å². The summed E-state index contributed by atoms with van der Waals surface area (Å²) < 4.78 is 1.68. The molecule has 20 heavy (non-hydrogen) atoms. The number of carbonyl (C=O) groups excluding carboxylic acids is 1. The fraction of sp³-hybridized carbons (Fsp3) is 0.200. The van der Waals surface area contributed by atoms with Crippen LogP contribution in [0.25, 0.3) is 5.78 Å². The first-order valence-electron chi connectivity index (χ1n) is 6.58. The Balaban J connectivity index is 1.85. The minimum absolute atomic E-state index is 0.130. The molecule has 3 aromatic rings. The SMILES string of the molecule is O=C1C[C@@H](c2ccccc2)Cc2c1cnc1ncnn21. The highest BCUT2D eigenvalue weighted by Gasteiger charge is 2.28. The largest absolute Gasteiger partial charge is 0.294 e. The van der Waals surface area contributed by atoms with Gasteiger partial charge in [-0.15, -0.1) is 0 Å². The molecular weight excluding hydrogens is 252 g/mol. The first-order valence-corrected chi connectivity index (χ1v) is 6.58. The molecule has 1 atom stereocenters. The number of rotatable bonds is 1. The molecule has 1 aliphatic carbocycles. The molecule has 0 spiro atoms. The molecule has 5 nitrogen and oxygen atoms in total. The normalized spacial score (nSPS) is 18.2. The Bertz CT molecular complexity index is 794. The third-order valence-corrected chi connectivity index (χ3v) is 3.85. The summed E-state index contributed by atoms with van der Waals surface area (Å²) in [6.07, 6.45) is 4.41. The number of fused-ring (bicyclic) bond motifs is 3. The van der Waals surface area contributed by atoms with Gasteiger partial charge in [0.25, 0.3) is 5.78 Å². The summed E-state index contributed by atoms with van der Waals surface area (Å²) in [5.41, 5.74) is 2.78. The number of nitrogens with zero attached hydrogens (tertiary/aromatic N) is 4. The van der Waals surface area contributed by atoms with Gasteiger partial charge in [-0.3, -0.25) is 4.79 Å². The number of ketones is 1. The Morgan fingerprint density at radius 2 is 1.95 bits per heavy atom. The lowest BCUT2D eigenvalue weighted by atomic mass is 9.82. The molecular formula is C15H12N4O. The lowest BCUT2D eigenvalue weighted by Crippen LogP contribution is -2.22. The predicted molar refractivity (Wildman–Crippen MR) is 72.6 cm³/mol. The van der Waals surface area contributed by atoms with Gasteiger partial charge in [-0.2, -0.15) is 10.1 Å². The van der Waals surface area contributed by atoms with Crippen molar-refractivity contribution in [2.75, 3.05) is 0 Å². The number of Topliss-reactive ketones (excluding diaryl/α,β-unsaturated/α-hetero) is 1. The second-order valence-corrected chi connectivity index (χ2v) is 5.03. The summed E-state index contributed by atoms with van der Waals surface area (Å²) in [7, 11) is 0. The predicted octanol–water partition coefficient (Wildman–Crippen LogP) is 2.04. The summed E-state index contributed by atoms with van der Waals surface area (Å²) in [5, 5.41) is 4.19. The van der Waals surface area contributed by atoms with Crippen LogP contribution in [0.15, 0.2) is 42.9 Å². The van der Waals surface area contributed by atoms with E-state index < -0.39 is 0 Å². The van der Waals surface area contributed by atoms with Crippen molar-refractivity contribution < 1.29 is 4.79 Å². The number of carbonyl (C=O) groups is 1. The van der Waals surface area contributed by atoms with Gasteiger partial charge in [0.2, 0.25) is 0 Å². The molecule has 0 N–H and O–H groups in total. The van der Waals surface area contributed by atoms with E-state index in [-0.39, 0.29) is 11.7 Å². The van der Waals surface area contributed by atoms with E-state index in [1.165, 1.54) is 11.9 Å². The van der Waals surface area contributed by atoms with Gasteiger partial charge in [-0.25, -0.2) is 9.50 Å². The molecule has 98 valence electrons. The van der Waals surface area contributed by atoms with Crippen LogP contribution >= 0.6 is 0 Å². The van der Waals surface area contributed by atoms with Crippen LogP contribution in [0, 0.1) is 0 Å². The zero-order valence-corrected chi connectivity index (χ0v) is 10.7. The molecule has 2 aromatic heterocycles. The van der Waals surface area contributed by atoms with E-state index in [0.29, 0.717) is 17.8 Å². The number of hydrogen-bond donors (Lipinski definition) is 0. The van der Waals surface area contributed by atoms with Gasteiger partial charge in [0, 0.05) is 12.6 Å². The number of benzene rings is 1. The average Bonchev–Trinajstić information content (AvgIpc) is 2.97. The van der Waals surface area contributed by atoms with Gasteiger partial charge in [-0.05, 0) is 17.9 Å². The van der Waals surface area contributed by atoms with Crippen LogP contribution in [-0.2, 0) is 6.42 Å². The lowest BCUT2D eigenvalue weighted by Gasteiger charge is -2.23. The summed E-state index contributed by atoms with van der Waals surface area (Å²) in [6, 6.07) is 10.1. The highest BCUT2D eigenvalue weighted by molar-refractivity contribution is 5.98. The summed E-state index contributed by atoms with van der Waals surface area (Å²) in [4.78, 5) is 20.6. The van der Waals surface area contributed by atoms with Crippen LogP contribution in [0.1, 0.15) is 34.0 Å². The van der Waals surface area contributed by atoms with Crippen molar-refractivity contribution in [3.05, 3.63) is 59.7 Å². The molecule has 4 rings (SSSR count). The van der Waals surface area contributed by atoms with Gasteiger partial charge >= 0.3 is 0 Å². The van der Waals surface area contributed by atoms with E-state index in [1.807, 2.05) is 18.2 Å². The van der Waals surface area contributed by atoms with Crippen molar-refractivity contribution >= 4 is 11.6 Å². The van der Waals surface area contributed by atoms with E-state index >= 15 is 0 Å². The third-order valence-electron chi connectivity index (χ3n) is 3.85. The highest BCUT2D eigenvalue weighted by Crippen LogP contribution is 2.32.